The Labute approximate surface area is 124 Å². The highest BCUT2D eigenvalue weighted by atomic mass is 35.5. The molecule has 0 bridgehead atoms. The second kappa shape index (κ2) is 6.80. The van der Waals surface area contributed by atoms with E-state index in [4.69, 9.17) is 11.6 Å². The third-order valence-corrected chi connectivity index (χ3v) is 5.21. The van der Waals surface area contributed by atoms with Crippen LogP contribution in [0, 0.1) is 5.92 Å². The highest BCUT2D eigenvalue weighted by Crippen LogP contribution is 2.27. The van der Waals surface area contributed by atoms with Crippen LogP contribution in [0.15, 0.2) is 0 Å². The average Bonchev–Trinajstić information content (AvgIpc) is 2.67. The van der Waals surface area contributed by atoms with E-state index in [1.165, 1.54) is 24.3 Å². The van der Waals surface area contributed by atoms with Gasteiger partial charge in [-0.3, -0.25) is 9.48 Å². The number of aryl methyl sites for hydroxylation is 2. The molecule has 0 unspecified atom stereocenters. The fourth-order valence-corrected chi connectivity index (χ4v) is 4.11. The molecule has 0 aliphatic carbocycles. The van der Waals surface area contributed by atoms with E-state index in [0.29, 0.717) is 29.6 Å². The van der Waals surface area contributed by atoms with Gasteiger partial charge in [0.15, 0.2) is 0 Å². The Morgan fingerprint density at radius 3 is 2.74 bits per heavy atom. The Morgan fingerprint density at radius 2 is 2.16 bits per heavy atom. The number of thioether (sulfide) groups is 1. The van der Waals surface area contributed by atoms with Crippen molar-refractivity contribution >= 4 is 29.1 Å². The highest BCUT2D eigenvalue weighted by Gasteiger charge is 2.20. The second-order valence-corrected chi connectivity index (χ2v) is 6.76. The lowest BCUT2D eigenvalue weighted by Crippen LogP contribution is -2.16. The number of halogens is 1. The van der Waals surface area contributed by atoms with Gasteiger partial charge in [-0.2, -0.15) is 16.9 Å². The summed E-state index contributed by atoms with van der Waals surface area (Å²) in [7, 11) is 1.87. The lowest BCUT2D eigenvalue weighted by molar-refractivity contribution is -0.119. The molecule has 0 N–H and O–H groups in total. The minimum Gasteiger partial charge on any atom is -0.299 e. The Morgan fingerprint density at radius 1 is 1.47 bits per heavy atom. The zero-order valence-corrected chi connectivity index (χ0v) is 13.2. The Balaban J connectivity index is 1.96. The normalized spacial score (nSPS) is 16.8. The topological polar surface area (TPSA) is 34.9 Å². The molecule has 0 aromatic carbocycles. The zero-order chi connectivity index (χ0) is 13.8. The second-order valence-electron chi connectivity index (χ2n) is 5.16. The smallest absolute Gasteiger partial charge is 0.139 e. The van der Waals surface area contributed by atoms with Gasteiger partial charge in [-0.25, -0.2) is 0 Å². The van der Waals surface area contributed by atoms with Crippen LogP contribution in [0.1, 0.15) is 37.6 Å². The number of nitrogens with zero attached hydrogens (tertiary/aromatic N) is 2. The van der Waals surface area contributed by atoms with Crippen molar-refractivity contribution in [1.29, 1.82) is 0 Å². The molecule has 3 nitrogen and oxygen atoms in total. The molecule has 1 aromatic rings. The SMILES string of the molecule is CCc1nn(C)c(CC(=O)CC2CCSCC2)c1Cl. The van der Waals surface area contributed by atoms with Crippen LogP contribution in [0.4, 0.5) is 0 Å². The number of Topliss-reactive ketones (excluding diaryl/α,β-unsaturated/α-hetero) is 1. The third kappa shape index (κ3) is 3.76. The number of carbonyl (C=O) groups is 1. The van der Waals surface area contributed by atoms with Crippen LogP contribution in [-0.4, -0.2) is 27.1 Å². The van der Waals surface area contributed by atoms with Gasteiger partial charge in [0, 0.05) is 19.9 Å². The molecule has 5 heteroatoms. The van der Waals surface area contributed by atoms with Crippen molar-refractivity contribution in [2.24, 2.45) is 13.0 Å². The fraction of sp³-hybridized carbons (Fsp3) is 0.714. The lowest BCUT2D eigenvalue weighted by Gasteiger charge is -2.20. The molecule has 2 heterocycles. The number of hydrogen-bond acceptors (Lipinski definition) is 3. The molecule has 19 heavy (non-hydrogen) atoms. The fourth-order valence-electron chi connectivity index (χ4n) is 2.54. The van der Waals surface area contributed by atoms with Crippen LogP contribution >= 0.6 is 23.4 Å². The molecular weight excluding hydrogens is 280 g/mol. The summed E-state index contributed by atoms with van der Waals surface area (Å²) in [6.07, 6.45) is 4.28. The van der Waals surface area contributed by atoms with Crippen LogP contribution in [-0.2, 0) is 24.7 Å². The van der Waals surface area contributed by atoms with Crippen molar-refractivity contribution < 1.29 is 4.79 Å². The number of ketones is 1. The van der Waals surface area contributed by atoms with Crippen LogP contribution in [0.5, 0.6) is 0 Å². The van der Waals surface area contributed by atoms with Crippen molar-refractivity contribution in [3.63, 3.8) is 0 Å². The van der Waals surface area contributed by atoms with Crippen molar-refractivity contribution in [2.75, 3.05) is 11.5 Å². The summed E-state index contributed by atoms with van der Waals surface area (Å²) in [6, 6.07) is 0. The van der Waals surface area contributed by atoms with Gasteiger partial charge < -0.3 is 0 Å². The van der Waals surface area contributed by atoms with Gasteiger partial charge in [0.25, 0.3) is 0 Å². The van der Waals surface area contributed by atoms with E-state index in [9.17, 15) is 4.79 Å². The third-order valence-electron chi connectivity index (χ3n) is 3.72. The molecule has 0 atom stereocenters. The van der Waals surface area contributed by atoms with Gasteiger partial charge in [0.1, 0.15) is 5.78 Å². The monoisotopic (exact) mass is 300 g/mol. The Kier molecular flexibility index (Phi) is 5.34. The summed E-state index contributed by atoms with van der Waals surface area (Å²) in [5.74, 6) is 3.27. The van der Waals surface area contributed by atoms with E-state index in [1.807, 2.05) is 25.7 Å². The standard InChI is InChI=1S/C14H21ClN2OS/c1-3-12-14(15)13(17(2)16-12)9-11(18)8-10-4-6-19-7-5-10/h10H,3-9H2,1-2H3. The first kappa shape index (κ1) is 14.9. The van der Waals surface area contributed by atoms with Crippen molar-refractivity contribution in [3.05, 3.63) is 16.4 Å². The summed E-state index contributed by atoms with van der Waals surface area (Å²) in [5, 5.41) is 5.04. The summed E-state index contributed by atoms with van der Waals surface area (Å²) in [5.41, 5.74) is 1.76. The van der Waals surface area contributed by atoms with Crippen LogP contribution in [0.3, 0.4) is 0 Å². The molecule has 1 aliphatic rings. The van der Waals surface area contributed by atoms with Gasteiger partial charge in [-0.15, -0.1) is 0 Å². The van der Waals surface area contributed by atoms with Gasteiger partial charge in [-0.05, 0) is 36.7 Å². The maximum absolute atomic E-state index is 12.2. The number of aromatic nitrogens is 2. The first-order chi connectivity index (χ1) is 9.11. The number of hydrogen-bond donors (Lipinski definition) is 0. The minimum atomic E-state index is 0.296. The average molecular weight is 301 g/mol. The molecule has 0 radical (unpaired) electrons. The summed E-state index contributed by atoms with van der Waals surface area (Å²) in [6.45, 7) is 2.03. The van der Waals surface area contributed by atoms with E-state index in [1.54, 1.807) is 4.68 Å². The number of carbonyl (C=O) groups excluding carboxylic acids is 1. The maximum atomic E-state index is 12.2. The molecule has 2 rings (SSSR count). The van der Waals surface area contributed by atoms with Crippen LogP contribution in [0.25, 0.3) is 0 Å². The van der Waals surface area contributed by atoms with Crippen LogP contribution < -0.4 is 0 Å². The van der Waals surface area contributed by atoms with E-state index >= 15 is 0 Å². The van der Waals surface area contributed by atoms with E-state index < -0.39 is 0 Å². The van der Waals surface area contributed by atoms with Gasteiger partial charge in [-0.1, -0.05) is 18.5 Å². The van der Waals surface area contributed by atoms with E-state index in [-0.39, 0.29) is 0 Å². The molecule has 1 fully saturated rings. The number of rotatable bonds is 5. The molecular formula is C14H21ClN2OS. The zero-order valence-electron chi connectivity index (χ0n) is 11.6. The summed E-state index contributed by atoms with van der Waals surface area (Å²) < 4.78 is 1.76. The molecule has 0 spiro atoms. The predicted octanol–water partition coefficient (Wildman–Crippen LogP) is 3.28. The van der Waals surface area contributed by atoms with Crippen molar-refractivity contribution in [1.82, 2.24) is 9.78 Å². The maximum Gasteiger partial charge on any atom is 0.139 e. The van der Waals surface area contributed by atoms with Gasteiger partial charge in [0.2, 0.25) is 0 Å². The summed E-state index contributed by atoms with van der Waals surface area (Å²) in [4.78, 5) is 12.2. The first-order valence-electron chi connectivity index (χ1n) is 6.91. The molecule has 106 valence electrons. The van der Waals surface area contributed by atoms with E-state index in [2.05, 4.69) is 5.10 Å². The van der Waals surface area contributed by atoms with Crippen LogP contribution in [0.2, 0.25) is 5.02 Å². The lowest BCUT2D eigenvalue weighted by atomic mass is 9.95. The Bertz CT molecular complexity index is 453. The molecule has 0 amide bonds. The summed E-state index contributed by atoms with van der Waals surface area (Å²) >= 11 is 8.27. The van der Waals surface area contributed by atoms with E-state index in [0.717, 1.165) is 17.8 Å². The van der Waals surface area contributed by atoms with Gasteiger partial charge in [0.05, 0.1) is 16.4 Å². The molecule has 0 saturated carbocycles. The first-order valence-corrected chi connectivity index (χ1v) is 8.44. The van der Waals surface area contributed by atoms with Crippen molar-refractivity contribution in [3.8, 4) is 0 Å². The molecule has 1 aliphatic heterocycles. The van der Waals surface area contributed by atoms with Crippen molar-refractivity contribution in [2.45, 2.75) is 39.0 Å². The Hall–Kier alpha value is -0.480. The quantitative estimate of drug-likeness (QED) is 0.837. The van der Waals surface area contributed by atoms with Gasteiger partial charge >= 0.3 is 0 Å². The molecule has 1 saturated heterocycles. The predicted molar refractivity (Wildman–Crippen MR) is 81.0 cm³/mol. The largest absolute Gasteiger partial charge is 0.299 e. The highest BCUT2D eigenvalue weighted by molar-refractivity contribution is 7.99. The molecule has 1 aromatic heterocycles. The minimum absolute atomic E-state index is 0.296.